The van der Waals surface area contributed by atoms with E-state index in [4.69, 9.17) is 4.74 Å². The number of nitrogens with one attached hydrogen (secondary N) is 1. The van der Waals surface area contributed by atoms with Crippen LogP contribution >= 0.6 is 0 Å². The van der Waals surface area contributed by atoms with Crippen molar-refractivity contribution in [3.8, 4) is 0 Å². The summed E-state index contributed by atoms with van der Waals surface area (Å²) in [6.07, 6.45) is 3.61. The van der Waals surface area contributed by atoms with E-state index in [1.54, 1.807) is 6.20 Å². The van der Waals surface area contributed by atoms with Crippen LogP contribution in [-0.2, 0) is 16.1 Å². The third kappa shape index (κ3) is 4.29. The molecule has 1 aliphatic heterocycles. The first-order chi connectivity index (χ1) is 13.3. The Bertz CT molecular complexity index is 858. The molecule has 3 aromatic rings. The second-order valence-corrected chi connectivity index (χ2v) is 6.47. The molecule has 0 unspecified atom stereocenters. The maximum Gasteiger partial charge on any atom is 0.243 e. The lowest BCUT2D eigenvalue weighted by Gasteiger charge is -2.34. The highest BCUT2D eigenvalue weighted by molar-refractivity contribution is 5.77. The smallest absolute Gasteiger partial charge is 0.243 e. The SMILES string of the molecule is O=C(Cn1nc2ccccc2n1)NC[C@@H](c1cccnc1)N1CCOCC1. The van der Waals surface area contributed by atoms with Crippen molar-refractivity contribution in [2.45, 2.75) is 12.6 Å². The van der Waals surface area contributed by atoms with Crippen molar-refractivity contribution in [3.63, 3.8) is 0 Å². The van der Waals surface area contributed by atoms with Crippen molar-refractivity contribution >= 4 is 16.9 Å². The summed E-state index contributed by atoms with van der Waals surface area (Å²) in [4.78, 5) is 20.4. The van der Waals surface area contributed by atoms with Gasteiger partial charge < -0.3 is 10.1 Å². The monoisotopic (exact) mass is 366 g/mol. The third-order valence-corrected chi connectivity index (χ3v) is 4.66. The minimum absolute atomic E-state index is 0.0659. The average Bonchev–Trinajstić information content (AvgIpc) is 3.12. The van der Waals surface area contributed by atoms with Gasteiger partial charge in [-0.3, -0.25) is 14.7 Å². The zero-order chi connectivity index (χ0) is 18.5. The molecule has 1 aromatic carbocycles. The highest BCUT2D eigenvalue weighted by Gasteiger charge is 2.23. The number of benzene rings is 1. The number of carbonyl (C=O) groups is 1. The van der Waals surface area contributed by atoms with Gasteiger partial charge in [0.15, 0.2) is 0 Å². The van der Waals surface area contributed by atoms with E-state index < -0.39 is 0 Å². The van der Waals surface area contributed by atoms with E-state index in [0.717, 1.165) is 29.7 Å². The minimum Gasteiger partial charge on any atom is -0.379 e. The number of aromatic nitrogens is 4. The van der Waals surface area contributed by atoms with Crippen LogP contribution in [0.15, 0.2) is 48.8 Å². The number of ether oxygens (including phenoxy) is 1. The Kier molecular flexibility index (Phi) is 5.36. The predicted molar refractivity (Wildman–Crippen MR) is 99.9 cm³/mol. The third-order valence-electron chi connectivity index (χ3n) is 4.66. The minimum atomic E-state index is -0.113. The fourth-order valence-electron chi connectivity index (χ4n) is 3.29. The first-order valence-electron chi connectivity index (χ1n) is 9.08. The van der Waals surface area contributed by atoms with E-state index >= 15 is 0 Å². The summed E-state index contributed by atoms with van der Waals surface area (Å²) in [5, 5.41) is 11.7. The molecule has 1 amide bonds. The highest BCUT2D eigenvalue weighted by atomic mass is 16.5. The predicted octanol–water partition coefficient (Wildman–Crippen LogP) is 1.02. The Morgan fingerprint density at radius 1 is 1.11 bits per heavy atom. The van der Waals surface area contributed by atoms with Gasteiger partial charge in [0.05, 0.1) is 19.3 Å². The van der Waals surface area contributed by atoms with Crippen molar-refractivity contribution in [3.05, 3.63) is 54.4 Å². The molecule has 0 spiro atoms. The van der Waals surface area contributed by atoms with E-state index in [2.05, 4.69) is 25.4 Å². The largest absolute Gasteiger partial charge is 0.379 e. The summed E-state index contributed by atoms with van der Waals surface area (Å²) in [6.45, 7) is 3.68. The Hall–Kier alpha value is -2.84. The van der Waals surface area contributed by atoms with Crippen molar-refractivity contribution in [1.82, 2.24) is 30.2 Å². The second kappa shape index (κ2) is 8.24. The molecule has 0 saturated carbocycles. The maximum absolute atomic E-state index is 12.4. The van der Waals surface area contributed by atoms with Crippen LogP contribution in [0.1, 0.15) is 11.6 Å². The van der Waals surface area contributed by atoms with Crippen LogP contribution in [0, 0.1) is 0 Å². The molecule has 0 bridgehead atoms. The number of nitrogens with zero attached hydrogens (tertiary/aromatic N) is 5. The molecule has 1 saturated heterocycles. The standard InChI is InChI=1S/C19H22N6O2/c26-19(14-25-22-16-5-1-2-6-17(16)23-25)21-13-18(15-4-3-7-20-12-15)24-8-10-27-11-9-24/h1-7,12,18H,8-11,13-14H2,(H,21,26)/t18-/m0/s1. The molecule has 140 valence electrons. The first-order valence-corrected chi connectivity index (χ1v) is 9.08. The number of carbonyl (C=O) groups excluding carboxylic acids is 1. The van der Waals surface area contributed by atoms with Crippen molar-refractivity contribution in [1.29, 1.82) is 0 Å². The van der Waals surface area contributed by atoms with Crippen LogP contribution < -0.4 is 5.32 Å². The molecule has 3 heterocycles. The molecule has 1 fully saturated rings. The number of amides is 1. The molecule has 1 aliphatic rings. The normalized spacial score (nSPS) is 16.3. The Morgan fingerprint density at radius 3 is 2.52 bits per heavy atom. The van der Waals surface area contributed by atoms with Crippen LogP contribution in [0.4, 0.5) is 0 Å². The van der Waals surface area contributed by atoms with Crippen LogP contribution in [0.3, 0.4) is 0 Å². The topological polar surface area (TPSA) is 85.2 Å². The van der Waals surface area contributed by atoms with Gasteiger partial charge in [-0.2, -0.15) is 15.0 Å². The molecular formula is C19H22N6O2. The lowest BCUT2D eigenvalue weighted by atomic mass is 10.1. The van der Waals surface area contributed by atoms with Crippen LogP contribution in [0.2, 0.25) is 0 Å². The van der Waals surface area contributed by atoms with Crippen molar-refractivity contribution < 1.29 is 9.53 Å². The Morgan fingerprint density at radius 2 is 1.85 bits per heavy atom. The maximum atomic E-state index is 12.4. The summed E-state index contributed by atoms with van der Waals surface area (Å²) in [5.41, 5.74) is 2.65. The zero-order valence-electron chi connectivity index (χ0n) is 15.0. The molecule has 27 heavy (non-hydrogen) atoms. The Balaban J connectivity index is 1.41. The van der Waals surface area contributed by atoms with Crippen LogP contribution in [0.5, 0.6) is 0 Å². The average molecular weight is 366 g/mol. The summed E-state index contributed by atoms with van der Waals surface area (Å²) in [7, 11) is 0. The molecule has 4 rings (SSSR count). The summed E-state index contributed by atoms with van der Waals surface area (Å²) >= 11 is 0. The van der Waals surface area contributed by atoms with E-state index in [-0.39, 0.29) is 18.5 Å². The molecule has 2 aromatic heterocycles. The Labute approximate surface area is 157 Å². The van der Waals surface area contributed by atoms with Gasteiger partial charge in [0.2, 0.25) is 5.91 Å². The van der Waals surface area contributed by atoms with Gasteiger partial charge in [-0.05, 0) is 23.8 Å². The molecular weight excluding hydrogens is 344 g/mol. The summed E-state index contributed by atoms with van der Waals surface area (Å²) < 4.78 is 5.45. The van der Waals surface area contributed by atoms with Gasteiger partial charge >= 0.3 is 0 Å². The second-order valence-electron chi connectivity index (χ2n) is 6.47. The molecule has 0 aliphatic carbocycles. The fraction of sp³-hybridized carbons (Fsp3) is 0.368. The number of fused-ring (bicyclic) bond motifs is 1. The summed E-state index contributed by atoms with van der Waals surface area (Å²) in [6, 6.07) is 11.6. The first kappa shape index (κ1) is 17.6. The number of hydrogen-bond donors (Lipinski definition) is 1. The van der Waals surface area contributed by atoms with E-state index in [9.17, 15) is 4.79 Å². The number of hydrogen-bond acceptors (Lipinski definition) is 6. The lowest BCUT2D eigenvalue weighted by Crippen LogP contribution is -2.44. The molecule has 0 radical (unpaired) electrons. The van der Waals surface area contributed by atoms with Gasteiger partial charge in [0.1, 0.15) is 17.6 Å². The number of morpholine rings is 1. The van der Waals surface area contributed by atoms with E-state index in [1.165, 1.54) is 4.80 Å². The summed E-state index contributed by atoms with van der Waals surface area (Å²) in [5.74, 6) is -0.113. The van der Waals surface area contributed by atoms with E-state index in [0.29, 0.717) is 19.8 Å². The molecule has 8 heteroatoms. The van der Waals surface area contributed by atoms with Gasteiger partial charge in [0.25, 0.3) is 0 Å². The van der Waals surface area contributed by atoms with Gasteiger partial charge in [0, 0.05) is 32.0 Å². The zero-order valence-corrected chi connectivity index (χ0v) is 15.0. The number of pyridine rings is 1. The van der Waals surface area contributed by atoms with Crippen LogP contribution in [-0.4, -0.2) is 63.6 Å². The van der Waals surface area contributed by atoms with Gasteiger partial charge in [-0.15, -0.1) is 0 Å². The fourth-order valence-corrected chi connectivity index (χ4v) is 3.29. The van der Waals surface area contributed by atoms with Crippen molar-refractivity contribution in [2.75, 3.05) is 32.8 Å². The molecule has 1 N–H and O–H groups in total. The quantitative estimate of drug-likeness (QED) is 0.701. The molecule has 1 atom stereocenters. The number of rotatable bonds is 6. The van der Waals surface area contributed by atoms with Crippen molar-refractivity contribution in [2.24, 2.45) is 0 Å². The van der Waals surface area contributed by atoms with Crippen LogP contribution in [0.25, 0.3) is 11.0 Å². The lowest BCUT2D eigenvalue weighted by molar-refractivity contribution is -0.122. The van der Waals surface area contributed by atoms with E-state index in [1.807, 2.05) is 42.6 Å². The highest BCUT2D eigenvalue weighted by Crippen LogP contribution is 2.20. The van der Waals surface area contributed by atoms with Gasteiger partial charge in [-0.1, -0.05) is 18.2 Å². The van der Waals surface area contributed by atoms with Gasteiger partial charge in [-0.25, -0.2) is 0 Å². The molecule has 8 nitrogen and oxygen atoms in total.